The first-order valence-corrected chi connectivity index (χ1v) is 14.1. The molecule has 0 aliphatic heterocycles. The van der Waals surface area contributed by atoms with Gasteiger partial charge in [0.1, 0.15) is 11.3 Å². The zero-order valence-electron chi connectivity index (χ0n) is 24.3. The zero-order valence-corrected chi connectivity index (χ0v) is 24.3. The van der Waals surface area contributed by atoms with E-state index in [0.717, 1.165) is 48.2 Å². The van der Waals surface area contributed by atoms with E-state index in [-0.39, 0.29) is 63.5 Å². The Labute approximate surface area is 258 Å². The number of nitrogens with one attached hydrogen (secondary N) is 1. The van der Waals surface area contributed by atoms with Gasteiger partial charge in [-0.15, -0.1) is 0 Å². The number of amides is 1. The number of aliphatic hydroxyl groups excluding tert-OH is 1. The van der Waals surface area contributed by atoms with Gasteiger partial charge in [-0.25, -0.2) is 26.3 Å². The van der Waals surface area contributed by atoms with Gasteiger partial charge in [-0.3, -0.25) is 14.8 Å². The van der Waals surface area contributed by atoms with E-state index in [0.29, 0.717) is 5.70 Å². The molecule has 15 nitrogen and oxygen atoms in total. The molecular weight excluding hydrogens is 584 g/mol. The highest BCUT2D eigenvalue weighted by molar-refractivity contribution is 5.96. The van der Waals surface area contributed by atoms with E-state index >= 15 is 0 Å². The number of carbonyl (C=O) groups excluding carboxylic acids is 1. The first-order valence-electron chi connectivity index (χ1n) is 14.1. The van der Waals surface area contributed by atoms with E-state index in [9.17, 15) is 29.7 Å². The van der Waals surface area contributed by atoms with Crippen LogP contribution in [-0.4, -0.2) is 60.4 Å². The van der Waals surface area contributed by atoms with Gasteiger partial charge in [-0.05, 0) is 49.3 Å². The number of rotatable bonds is 10. The van der Waals surface area contributed by atoms with Crippen molar-refractivity contribution >= 4 is 34.9 Å². The Balaban J connectivity index is 1.68. The number of hydrogen-bond donors (Lipinski definition) is 9. The van der Waals surface area contributed by atoms with E-state index < -0.39 is 23.8 Å². The summed E-state index contributed by atoms with van der Waals surface area (Å²) in [6, 6.07) is 6.68. The highest BCUT2D eigenvalue weighted by atomic mass is 16.4. The molecule has 2 aliphatic carbocycles. The van der Waals surface area contributed by atoms with Gasteiger partial charge in [0.25, 0.3) is 5.91 Å². The number of aromatic hydroxyl groups is 1. The molecule has 1 unspecified atom stereocenters. The summed E-state index contributed by atoms with van der Waals surface area (Å²) in [5.74, 6) is 8.87. The Morgan fingerprint density at radius 3 is 2.07 bits per heavy atom. The molecule has 4 rings (SSSR count). The number of nitrogens with zero attached hydrogens (tertiary/aromatic N) is 3. The van der Waals surface area contributed by atoms with Gasteiger partial charge in [0.2, 0.25) is 0 Å². The Morgan fingerprint density at radius 2 is 1.51 bits per heavy atom. The SMILES string of the molecule is N/C(=C\N(N)C1=CC=C(C(=O)O)C(O)C1)c1cc(C(=O)NC2CCCCC2)cc(/C(N)=C/N(N)c2ccc(C(=O)O)c(O)c2)n1. The minimum absolute atomic E-state index is 0.00900. The second-order valence-corrected chi connectivity index (χ2v) is 10.7. The van der Waals surface area contributed by atoms with Gasteiger partial charge in [-0.1, -0.05) is 19.3 Å². The van der Waals surface area contributed by atoms with Gasteiger partial charge in [0.15, 0.2) is 0 Å². The third-order valence-corrected chi connectivity index (χ3v) is 7.48. The lowest BCUT2D eigenvalue weighted by Gasteiger charge is -2.24. The molecule has 1 saturated carbocycles. The average Bonchev–Trinajstić information content (AvgIpc) is 3.00. The fourth-order valence-electron chi connectivity index (χ4n) is 5.00. The van der Waals surface area contributed by atoms with E-state index in [1.807, 2.05) is 0 Å². The lowest BCUT2D eigenvalue weighted by atomic mass is 9.95. The van der Waals surface area contributed by atoms with Crippen LogP contribution in [0.2, 0.25) is 0 Å². The van der Waals surface area contributed by atoms with E-state index in [1.165, 1.54) is 48.8 Å². The number of hydrazine groups is 2. The Hall–Kier alpha value is -5.38. The number of pyridine rings is 1. The average molecular weight is 621 g/mol. The van der Waals surface area contributed by atoms with Gasteiger partial charge >= 0.3 is 11.9 Å². The van der Waals surface area contributed by atoms with E-state index in [2.05, 4.69) is 10.3 Å². The van der Waals surface area contributed by atoms with Crippen LogP contribution < -0.4 is 33.5 Å². The lowest BCUT2D eigenvalue weighted by Crippen LogP contribution is -2.36. The van der Waals surface area contributed by atoms with Crippen LogP contribution in [0.5, 0.6) is 5.75 Å². The third kappa shape index (κ3) is 7.97. The summed E-state index contributed by atoms with van der Waals surface area (Å²) in [4.78, 5) is 40.3. The van der Waals surface area contributed by atoms with Crippen molar-refractivity contribution in [2.24, 2.45) is 23.2 Å². The number of hydrogen-bond acceptors (Lipinski definition) is 12. The maximum atomic E-state index is 13.3. The Bertz CT molecular complexity index is 1610. The number of aromatic carboxylic acids is 1. The highest BCUT2D eigenvalue weighted by Gasteiger charge is 2.24. The van der Waals surface area contributed by atoms with Crippen LogP contribution in [0, 0.1) is 0 Å². The first-order chi connectivity index (χ1) is 21.3. The molecule has 1 heterocycles. The molecule has 2 aliphatic rings. The number of carboxylic acids is 2. The number of carbonyl (C=O) groups is 3. The molecule has 0 radical (unpaired) electrons. The molecule has 1 amide bonds. The number of nitrogens with two attached hydrogens (primary N) is 4. The molecular formula is C30H36N8O7. The molecule has 238 valence electrons. The molecule has 2 aromatic rings. The minimum atomic E-state index is -1.31. The number of aliphatic carboxylic acids is 1. The number of aromatic nitrogens is 1. The summed E-state index contributed by atoms with van der Waals surface area (Å²) in [5, 5.41) is 43.8. The van der Waals surface area contributed by atoms with Crippen LogP contribution >= 0.6 is 0 Å². The third-order valence-electron chi connectivity index (χ3n) is 7.48. The quantitative estimate of drug-likeness (QED) is 0.134. The largest absolute Gasteiger partial charge is 0.507 e. The number of aliphatic hydroxyl groups is 1. The van der Waals surface area contributed by atoms with Crippen molar-refractivity contribution < 1.29 is 34.8 Å². The number of carboxylic acid groups (broad SMARTS) is 2. The molecule has 13 N–H and O–H groups in total. The normalized spacial score (nSPS) is 17.6. The van der Waals surface area contributed by atoms with Crippen LogP contribution in [0.4, 0.5) is 5.69 Å². The Morgan fingerprint density at radius 1 is 0.889 bits per heavy atom. The van der Waals surface area contributed by atoms with E-state index in [4.69, 9.17) is 28.3 Å². The molecule has 45 heavy (non-hydrogen) atoms. The van der Waals surface area contributed by atoms with Crippen LogP contribution in [0.25, 0.3) is 11.4 Å². The molecule has 0 spiro atoms. The summed E-state index contributed by atoms with van der Waals surface area (Å²) in [6.07, 6.45) is 8.80. The molecule has 1 fully saturated rings. The molecule has 1 aromatic carbocycles. The fraction of sp³-hybridized carbons (Fsp3) is 0.267. The van der Waals surface area contributed by atoms with Crippen molar-refractivity contribution in [3.63, 3.8) is 0 Å². The topological polar surface area (TPSA) is 268 Å². The molecule has 15 heteroatoms. The lowest BCUT2D eigenvalue weighted by molar-refractivity contribution is -0.133. The predicted molar refractivity (Wildman–Crippen MR) is 165 cm³/mol. The van der Waals surface area contributed by atoms with Gasteiger partial charge in [0, 0.05) is 42.2 Å². The summed E-state index contributed by atoms with van der Waals surface area (Å²) >= 11 is 0. The fourth-order valence-corrected chi connectivity index (χ4v) is 5.00. The Kier molecular flexibility index (Phi) is 10.1. The number of anilines is 1. The van der Waals surface area contributed by atoms with Crippen molar-refractivity contribution in [3.05, 3.63) is 88.7 Å². The van der Waals surface area contributed by atoms with Crippen LogP contribution in [0.15, 0.2) is 66.2 Å². The smallest absolute Gasteiger partial charge is 0.339 e. The minimum Gasteiger partial charge on any atom is -0.507 e. The van der Waals surface area contributed by atoms with Crippen molar-refractivity contribution in [1.29, 1.82) is 0 Å². The summed E-state index contributed by atoms with van der Waals surface area (Å²) < 4.78 is 0. The maximum Gasteiger partial charge on any atom is 0.339 e. The number of allylic oxidation sites excluding steroid dienone is 2. The standard InChI is InChI=1S/C30H36N8O7/c31-22(14-37(33)18-6-8-20(29(42)43)26(39)12-18)24-10-16(28(41)35-17-4-2-1-3-5-17)11-25(36-24)23(32)15-38(34)19-7-9-21(30(44)45)27(40)13-19/h6-12,14-15,17,27,39-40H,1-5,13,31-34H2,(H,35,41)(H,42,43)(H,44,45)/b22-14-,23-15-. The molecule has 1 atom stereocenters. The van der Waals surface area contributed by atoms with Crippen molar-refractivity contribution in [3.8, 4) is 5.75 Å². The molecule has 0 saturated heterocycles. The van der Waals surface area contributed by atoms with Crippen LogP contribution in [-0.2, 0) is 4.79 Å². The summed E-state index contributed by atoms with van der Waals surface area (Å²) in [7, 11) is 0. The van der Waals surface area contributed by atoms with Crippen LogP contribution in [0.1, 0.15) is 70.6 Å². The summed E-state index contributed by atoms with van der Waals surface area (Å²) in [6.45, 7) is 0. The van der Waals surface area contributed by atoms with Gasteiger partial charge < -0.3 is 37.2 Å². The summed E-state index contributed by atoms with van der Waals surface area (Å²) in [5.41, 5.74) is 13.3. The molecule has 1 aromatic heterocycles. The second-order valence-electron chi connectivity index (χ2n) is 10.7. The van der Waals surface area contributed by atoms with Gasteiger partial charge in [0.05, 0.1) is 40.1 Å². The van der Waals surface area contributed by atoms with Gasteiger partial charge in [-0.2, -0.15) is 0 Å². The van der Waals surface area contributed by atoms with Crippen molar-refractivity contribution in [2.75, 3.05) is 5.01 Å². The van der Waals surface area contributed by atoms with Crippen molar-refractivity contribution in [1.82, 2.24) is 15.3 Å². The first kappa shape index (κ1) is 32.5. The number of benzene rings is 1. The maximum absolute atomic E-state index is 13.3. The highest BCUT2D eigenvalue weighted by Crippen LogP contribution is 2.26. The van der Waals surface area contributed by atoms with Crippen LogP contribution in [0.3, 0.4) is 0 Å². The predicted octanol–water partition coefficient (Wildman–Crippen LogP) is 1.28. The van der Waals surface area contributed by atoms with Crippen molar-refractivity contribution in [2.45, 2.75) is 50.7 Å². The monoisotopic (exact) mass is 620 g/mol. The van der Waals surface area contributed by atoms with E-state index in [1.54, 1.807) is 0 Å². The second kappa shape index (κ2) is 13.9. The zero-order chi connectivity index (χ0) is 32.8. The molecule has 0 bridgehead atoms. The number of phenols is 1.